The van der Waals surface area contributed by atoms with E-state index < -0.39 is 24.5 Å². The summed E-state index contributed by atoms with van der Waals surface area (Å²) < 4.78 is 10.2. The number of nitrogens with one attached hydrogen (secondary N) is 1. The molecule has 4 aromatic rings. The number of anilines is 1. The topological polar surface area (TPSA) is 98.8 Å². The predicted molar refractivity (Wildman–Crippen MR) is 165 cm³/mol. The Morgan fingerprint density at radius 1 is 0.907 bits per heavy atom. The molecule has 0 bridgehead atoms. The van der Waals surface area contributed by atoms with Crippen LogP contribution in [0.1, 0.15) is 73.0 Å². The number of Topliss-reactive ketones (excluding diaryl/α,β-unsaturated/α-hetero) is 1. The van der Waals surface area contributed by atoms with Crippen molar-refractivity contribution < 1.29 is 28.7 Å². The molecule has 0 saturated heterocycles. The summed E-state index contributed by atoms with van der Waals surface area (Å²) in [4.78, 5) is 51.8. The third-order valence-corrected chi connectivity index (χ3v) is 9.39. The van der Waals surface area contributed by atoms with E-state index in [1.165, 1.54) is 35.1 Å². The van der Waals surface area contributed by atoms with Gasteiger partial charge in [0.25, 0.3) is 0 Å². The van der Waals surface area contributed by atoms with Crippen molar-refractivity contribution in [3.8, 4) is 11.1 Å². The van der Waals surface area contributed by atoms with Crippen molar-refractivity contribution in [3.63, 3.8) is 0 Å². The number of ether oxygens (including phenoxy) is 2. The van der Waals surface area contributed by atoms with Crippen LogP contribution in [0.2, 0.25) is 0 Å². The van der Waals surface area contributed by atoms with Crippen molar-refractivity contribution in [2.45, 2.75) is 44.4 Å². The van der Waals surface area contributed by atoms with Crippen LogP contribution in [0, 0.1) is 0 Å². The summed E-state index contributed by atoms with van der Waals surface area (Å²) in [7, 11) is 1.33. The molecule has 7 nitrogen and oxygen atoms in total. The maximum atomic E-state index is 12.8. The lowest BCUT2D eigenvalue weighted by molar-refractivity contribution is -0.143. The van der Waals surface area contributed by atoms with Crippen LogP contribution in [-0.4, -0.2) is 37.3 Å². The van der Waals surface area contributed by atoms with Gasteiger partial charge in [-0.05, 0) is 71.0 Å². The molecule has 1 unspecified atom stereocenters. The number of amides is 1. The van der Waals surface area contributed by atoms with Gasteiger partial charge in [0, 0.05) is 16.9 Å². The van der Waals surface area contributed by atoms with Crippen molar-refractivity contribution in [1.82, 2.24) is 0 Å². The van der Waals surface area contributed by atoms with E-state index in [0.717, 1.165) is 40.8 Å². The van der Waals surface area contributed by atoms with Gasteiger partial charge >= 0.3 is 11.9 Å². The minimum Gasteiger partial charge on any atom is -0.465 e. The van der Waals surface area contributed by atoms with Crippen LogP contribution >= 0.6 is 11.3 Å². The lowest BCUT2D eigenvalue weighted by Gasteiger charge is -2.22. The smallest absolute Gasteiger partial charge is 0.341 e. The number of carbonyl (C=O) groups is 4. The Morgan fingerprint density at radius 2 is 1.67 bits per heavy atom. The largest absolute Gasteiger partial charge is 0.465 e. The predicted octanol–water partition coefficient (Wildman–Crippen LogP) is 6.52. The molecule has 1 amide bonds. The summed E-state index contributed by atoms with van der Waals surface area (Å²) in [5.41, 5.74) is 7.59. The number of fused-ring (bicyclic) bond motifs is 4. The van der Waals surface area contributed by atoms with E-state index in [-0.39, 0.29) is 18.6 Å². The second-order valence-electron chi connectivity index (χ2n) is 10.9. The average molecular weight is 594 g/mol. The molecule has 6 rings (SSSR count). The van der Waals surface area contributed by atoms with Crippen LogP contribution in [0.4, 0.5) is 5.00 Å². The number of thiophene rings is 1. The highest BCUT2D eigenvalue weighted by atomic mass is 32.1. The average Bonchev–Trinajstić information content (AvgIpc) is 3.59. The number of hydrogen-bond donors (Lipinski definition) is 1. The zero-order chi connectivity index (χ0) is 29.9. The van der Waals surface area contributed by atoms with Gasteiger partial charge < -0.3 is 14.8 Å². The molecular weight excluding hydrogens is 562 g/mol. The monoisotopic (exact) mass is 593 g/mol. The van der Waals surface area contributed by atoms with E-state index in [9.17, 15) is 19.2 Å². The van der Waals surface area contributed by atoms with Crippen molar-refractivity contribution in [3.05, 3.63) is 111 Å². The molecule has 1 N–H and O–H groups in total. The van der Waals surface area contributed by atoms with Crippen molar-refractivity contribution in [1.29, 1.82) is 0 Å². The normalized spacial score (nSPS) is 14.7. The van der Waals surface area contributed by atoms with Crippen LogP contribution in [0.3, 0.4) is 0 Å². The second kappa shape index (κ2) is 12.4. The maximum absolute atomic E-state index is 12.8. The molecule has 43 heavy (non-hydrogen) atoms. The Hall–Kier alpha value is -4.56. The molecule has 0 aliphatic heterocycles. The summed E-state index contributed by atoms with van der Waals surface area (Å²) in [6, 6.07) is 23.9. The third kappa shape index (κ3) is 6.01. The highest BCUT2D eigenvalue weighted by molar-refractivity contribution is 7.17. The molecule has 0 fully saturated rings. The van der Waals surface area contributed by atoms with E-state index in [2.05, 4.69) is 23.5 Å². The van der Waals surface area contributed by atoms with Gasteiger partial charge in [-0.15, -0.1) is 11.3 Å². The summed E-state index contributed by atoms with van der Waals surface area (Å²) >= 11 is 1.39. The summed E-state index contributed by atoms with van der Waals surface area (Å²) in [6.45, 7) is -0.395. The van der Waals surface area contributed by atoms with Gasteiger partial charge in [-0.25, -0.2) is 4.79 Å². The Morgan fingerprint density at radius 3 is 2.49 bits per heavy atom. The third-order valence-electron chi connectivity index (χ3n) is 8.22. The molecule has 218 valence electrons. The SMILES string of the molecule is COC(=O)c1c(NC(=O)CCC(=O)OCC(=O)c2ccc3c(c2)-c2ccccc2C3)sc2c1CCC(c1ccccc1)C2. The van der Waals surface area contributed by atoms with Gasteiger partial charge in [-0.3, -0.25) is 14.4 Å². The lowest BCUT2D eigenvalue weighted by Crippen LogP contribution is -2.18. The van der Waals surface area contributed by atoms with Crippen molar-refractivity contribution >= 4 is 40.0 Å². The van der Waals surface area contributed by atoms with Gasteiger partial charge in [-0.2, -0.15) is 0 Å². The molecule has 1 heterocycles. The first-order chi connectivity index (χ1) is 20.9. The van der Waals surface area contributed by atoms with Gasteiger partial charge in [0.05, 0.1) is 19.1 Å². The fraction of sp³-hybridized carbons (Fsp3) is 0.257. The first-order valence-electron chi connectivity index (χ1n) is 14.4. The Kier molecular flexibility index (Phi) is 8.20. The van der Waals surface area contributed by atoms with E-state index in [1.807, 2.05) is 48.5 Å². The summed E-state index contributed by atoms with van der Waals surface area (Å²) in [6.07, 6.45) is 2.89. The van der Waals surface area contributed by atoms with Gasteiger partial charge in [0.2, 0.25) is 5.91 Å². The lowest BCUT2D eigenvalue weighted by atomic mass is 9.83. The molecule has 1 aromatic heterocycles. The first kappa shape index (κ1) is 28.6. The van der Waals surface area contributed by atoms with E-state index in [4.69, 9.17) is 9.47 Å². The van der Waals surface area contributed by atoms with E-state index in [1.54, 1.807) is 6.07 Å². The summed E-state index contributed by atoms with van der Waals surface area (Å²) in [5.74, 6) is -1.50. The number of benzene rings is 3. The van der Waals surface area contributed by atoms with Crippen LogP contribution < -0.4 is 5.32 Å². The molecule has 1 atom stereocenters. The van der Waals surface area contributed by atoms with E-state index in [0.29, 0.717) is 28.5 Å². The number of rotatable bonds is 9. The fourth-order valence-electron chi connectivity index (χ4n) is 6.01. The number of hydrogen-bond acceptors (Lipinski definition) is 7. The van der Waals surface area contributed by atoms with Crippen LogP contribution in [0.25, 0.3) is 11.1 Å². The molecular formula is C35H31NO6S. The van der Waals surface area contributed by atoms with Crippen LogP contribution in [0.15, 0.2) is 72.8 Å². The highest BCUT2D eigenvalue weighted by Gasteiger charge is 2.31. The second-order valence-corrected chi connectivity index (χ2v) is 12.0. The van der Waals surface area contributed by atoms with E-state index >= 15 is 0 Å². The van der Waals surface area contributed by atoms with Gasteiger partial charge in [0.15, 0.2) is 12.4 Å². The molecule has 8 heteroatoms. The molecule has 0 radical (unpaired) electrons. The van der Waals surface area contributed by atoms with Crippen molar-refractivity contribution in [2.24, 2.45) is 0 Å². The van der Waals surface area contributed by atoms with Crippen molar-refractivity contribution in [2.75, 3.05) is 19.0 Å². The maximum Gasteiger partial charge on any atom is 0.341 e. The zero-order valence-electron chi connectivity index (χ0n) is 23.8. The molecule has 0 spiro atoms. The molecule has 2 aliphatic rings. The quantitative estimate of drug-likeness (QED) is 0.154. The molecule has 3 aromatic carbocycles. The number of ketones is 1. The number of esters is 2. The number of carbonyl (C=O) groups excluding carboxylic acids is 4. The van der Waals surface area contributed by atoms with Crippen LogP contribution in [0.5, 0.6) is 0 Å². The van der Waals surface area contributed by atoms with Gasteiger partial charge in [0.1, 0.15) is 5.00 Å². The Labute approximate surface area is 253 Å². The minimum absolute atomic E-state index is 0.140. The highest BCUT2D eigenvalue weighted by Crippen LogP contribution is 2.43. The zero-order valence-corrected chi connectivity index (χ0v) is 24.6. The Balaban J connectivity index is 1.04. The number of methoxy groups -OCH3 is 1. The summed E-state index contributed by atoms with van der Waals surface area (Å²) in [5, 5.41) is 3.26. The Bertz CT molecular complexity index is 1720. The molecule has 2 aliphatic carbocycles. The first-order valence-corrected chi connectivity index (χ1v) is 15.2. The minimum atomic E-state index is -0.639. The fourth-order valence-corrected chi connectivity index (χ4v) is 7.34. The standard InChI is InChI=1S/C35H31NO6S/c1-41-35(40)33-27-14-13-22(21-7-3-2-4-8-21)19-30(27)43-34(33)36-31(38)15-16-32(39)42-20-29(37)25-12-11-24-17-23-9-5-6-10-26(23)28(24)18-25/h2-12,18,22H,13-17,19-20H2,1H3,(H,36,38). The van der Waals surface area contributed by atoms with Crippen LogP contribution in [-0.2, 0) is 38.3 Å². The van der Waals surface area contributed by atoms with Gasteiger partial charge in [-0.1, -0.05) is 66.7 Å². The molecule has 0 saturated carbocycles.